The fraction of sp³-hybridized carbons (Fsp3) is 0.500. The number of anilines is 1. The second kappa shape index (κ2) is 7.27. The number of nitrogens with zero attached hydrogens (tertiary/aromatic N) is 6. The molecule has 0 amide bonds. The number of aryl methyl sites for hydroxylation is 1. The first-order valence-electron chi connectivity index (χ1n) is 11.5. The molecule has 2 fully saturated rings. The molecule has 4 aromatic rings. The lowest BCUT2D eigenvalue weighted by atomic mass is 9.68. The van der Waals surface area contributed by atoms with Crippen molar-refractivity contribution in [2.75, 3.05) is 18.5 Å². The molecule has 0 unspecified atom stereocenters. The van der Waals surface area contributed by atoms with Crippen LogP contribution in [0.5, 0.6) is 0 Å². The Balaban J connectivity index is 1.33. The van der Waals surface area contributed by atoms with Gasteiger partial charge >= 0.3 is 0 Å². The topological polar surface area (TPSA) is 82.2 Å². The molecule has 8 heteroatoms. The molecule has 0 radical (unpaired) electrons. The van der Waals surface area contributed by atoms with E-state index in [4.69, 9.17) is 14.8 Å². The highest BCUT2D eigenvalue weighted by Gasteiger charge is 2.36. The van der Waals surface area contributed by atoms with Crippen molar-refractivity contribution in [2.24, 2.45) is 5.41 Å². The number of hydrogen-bond donors (Lipinski definition) is 1. The van der Waals surface area contributed by atoms with Crippen molar-refractivity contribution in [3.63, 3.8) is 0 Å². The zero-order valence-electron chi connectivity index (χ0n) is 18.9. The molecule has 2 aliphatic rings. The summed E-state index contributed by atoms with van der Waals surface area (Å²) in [6.07, 6.45) is 10.1. The van der Waals surface area contributed by atoms with Crippen LogP contribution in [0.2, 0.25) is 0 Å². The van der Waals surface area contributed by atoms with E-state index in [-0.39, 0.29) is 0 Å². The summed E-state index contributed by atoms with van der Waals surface area (Å²) >= 11 is 0. The highest BCUT2D eigenvalue weighted by atomic mass is 16.5. The summed E-state index contributed by atoms with van der Waals surface area (Å²) < 4.78 is 9.80. The predicted octanol–water partition coefficient (Wildman–Crippen LogP) is 4.40. The number of imidazole rings is 1. The van der Waals surface area contributed by atoms with E-state index in [0.29, 0.717) is 23.4 Å². The summed E-state index contributed by atoms with van der Waals surface area (Å²) in [5, 5.41) is 8.16. The third-order valence-corrected chi connectivity index (χ3v) is 6.94. The van der Waals surface area contributed by atoms with Crippen molar-refractivity contribution in [3.8, 4) is 11.1 Å². The number of rotatable bonds is 4. The molecule has 32 heavy (non-hydrogen) atoms. The maximum atomic E-state index is 5.56. The van der Waals surface area contributed by atoms with Crippen LogP contribution in [0.15, 0.2) is 30.7 Å². The molecule has 4 aromatic heterocycles. The van der Waals surface area contributed by atoms with E-state index in [2.05, 4.69) is 52.8 Å². The molecule has 5 heterocycles. The second-order valence-corrected chi connectivity index (χ2v) is 9.99. The Kier molecular flexibility index (Phi) is 4.47. The van der Waals surface area contributed by atoms with Crippen molar-refractivity contribution in [1.29, 1.82) is 0 Å². The van der Waals surface area contributed by atoms with Crippen LogP contribution >= 0.6 is 0 Å². The lowest BCUT2D eigenvalue weighted by Gasteiger charge is -2.42. The van der Waals surface area contributed by atoms with Gasteiger partial charge in [-0.15, -0.1) is 5.10 Å². The normalized spacial score (nSPS) is 19.5. The quantitative estimate of drug-likeness (QED) is 0.516. The van der Waals surface area contributed by atoms with Crippen LogP contribution in [0.4, 0.5) is 5.95 Å². The van der Waals surface area contributed by atoms with Gasteiger partial charge in [0.15, 0.2) is 5.65 Å². The van der Waals surface area contributed by atoms with Gasteiger partial charge in [-0.1, -0.05) is 13.8 Å². The minimum Gasteiger partial charge on any atom is -0.381 e. The van der Waals surface area contributed by atoms with Gasteiger partial charge in [0.05, 0.1) is 17.2 Å². The van der Waals surface area contributed by atoms with Gasteiger partial charge in [0, 0.05) is 48.8 Å². The second-order valence-electron chi connectivity index (χ2n) is 9.99. The molecule has 1 saturated heterocycles. The lowest BCUT2D eigenvalue weighted by molar-refractivity contribution is 0.0701. The Morgan fingerprint density at radius 3 is 2.69 bits per heavy atom. The van der Waals surface area contributed by atoms with Gasteiger partial charge in [-0.3, -0.25) is 0 Å². The lowest BCUT2D eigenvalue weighted by Crippen LogP contribution is -2.41. The van der Waals surface area contributed by atoms with Crippen LogP contribution in [-0.2, 0) is 4.74 Å². The largest absolute Gasteiger partial charge is 0.381 e. The van der Waals surface area contributed by atoms with Crippen LogP contribution in [0.1, 0.15) is 51.4 Å². The predicted molar refractivity (Wildman–Crippen MR) is 124 cm³/mol. The molecule has 1 N–H and O–H groups in total. The van der Waals surface area contributed by atoms with Crippen molar-refractivity contribution >= 4 is 22.6 Å². The monoisotopic (exact) mass is 431 g/mol. The molecular weight excluding hydrogens is 402 g/mol. The van der Waals surface area contributed by atoms with Gasteiger partial charge < -0.3 is 14.6 Å². The molecule has 0 spiro atoms. The van der Waals surface area contributed by atoms with E-state index in [9.17, 15) is 0 Å². The number of nitrogens with one attached hydrogen (secondary N) is 1. The maximum absolute atomic E-state index is 5.56. The third kappa shape index (κ3) is 3.33. The molecule has 1 aliphatic heterocycles. The molecular formula is C24H29N7O. The highest BCUT2D eigenvalue weighted by Crippen LogP contribution is 2.41. The Labute approximate surface area is 187 Å². The molecule has 6 rings (SSSR count). The fourth-order valence-electron chi connectivity index (χ4n) is 5.41. The minimum atomic E-state index is 0.407. The summed E-state index contributed by atoms with van der Waals surface area (Å²) in [7, 11) is 0. The number of hydrogen-bond acceptors (Lipinski definition) is 6. The van der Waals surface area contributed by atoms with E-state index < -0.39 is 0 Å². The Hall–Kier alpha value is -3.00. The van der Waals surface area contributed by atoms with Crippen LogP contribution in [0.25, 0.3) is 27.8 Å². The van der Waals surface area contributed by atoms with Crippen LogP contribution in [0.3, 0.4) is 0 Å². The summed E-state index contributed by atoms with van der Waals surface area (Å²) in [6, 6.07) is 5.16. The van der Waals surface area contributed by atoms with E-state index in [1.165, 1.54) is 0 Å². The van der Waals surface area contributed by atoms with Crippen molar-refractivity contribution in [3.05, 3.63) is 36.5 Å². The molecule has 8 nitrogen and oxygen atoms in total. The van der Waals surface area contributed by atoms with Crippen LogP contribution in [-0.4, -0.2) is 48.4 Å². The van der Waals surface area contributed by atoms with E-state index in [1.807, 2.05) is 23.1 Å². The van der Waals surface area contributed by atoms with Gasteiger partial charge in [0.1, 0.15) is 5.82 Å². The van der Waals surface area contributed by atoms with Gasteiger partial charge in [-0.2, -0.15) is 0 Å². The van der Waals surface area contributed by atoms with Gasteiger partial charge in [0.25, 0.3) is 0 Å². The standard InChI is InChI=1S/C24H29N7O/c1-15-27-22-20(31(15)18-5-8-32-9-6-18)10-16(13-25-22)19-4-7-30-21(19)14-26-23(29-30)28-17-11-24(2,3)12-17/h4,7,10,13-14,17-18H,5-6,8-9,11-12H2,1-3H3,(H,28,29). The number of fused-ring (bicyclic) bond motifs is 2. The number of ether oxygens (including phenoxy) is 1. The Bertz CT molecular complexity index is 1290. The zero-order valence-corrected chi connectivity index (χ0v) is 18.9. The number of pyridine rings is 1. The number of aromatic nitrogens is 6. The van der Waals surface area contributed by atoms with Crippen LogP contribution < -0.4 is 5.32 Å². The molecule has 0 bridgehead atoms. The first-order chi connectivity index (χ1) is 15.5. The van der Waals surface area contributed by atoms with Gasteiger partial charge in [-0.05, 0) is 50.2 Å². The average Bonchev–Trinajstić information content (AvgIpc) is 3.32. The smallest absolute Gasteiger partial charge is 0.241 e. The maximum Gasteiger partial charge on any atom is 0.241 e. The first kappa shape index (κ1) is 19.7. The minimum absolute atomic E-state index is 0.407. The summed E-state index contributed by atoms with van der Waals surface area (Å²) in [5.41, 5.74) is 5.40. The zero-order chi connectivity index (χ0) is 21.9. The molecule has 1 aliphatic carbocycles. The van der Waals surface area contributed by atoms with Gasteiger partial charge in [0.2, 0.25) is 5.95 Å². The highest BCUT2D eigenvalue weighted by molar-refractivity contribution is 5.85. The fourth-order valence-corrected chi connectivity index (χ4v) is 5.41. The van der Waals surface area contributed by atoms with E-state index >= 15 is 0 Å². The summed E-state index contributed by atoms with van der Waals surface area (Å²) in [6.45, 7) is 8.26. The van der Waals surface area contributed by atoms with Gasteiger partial charge in [-0.25, -0.2) is 19.5 Å². The molecule has 166 valence electrons. The Morgan fingerprint density at radius 2 is 1.91 bits per heavy atom. The van der Waals surface area contributed by atoms with E-state index in [1.54, 1.807) is 0 Å². The SMILES string of the molecule is Cc1nc2ncc(-c3ccn4nc(NC5CC(C)(C)C5)ncc34)cc2n1C1CCOCC1. The third-order valence-electron chi connectivity index (χ3n) is 6.94. The van der Waals surface area contributed by atoms with Crippen molar-refractivity contribution in [1.82, 2.24) is 29.1 Å². The first-order valence-corrected chi connectivity index (χ1v) is 11.5. The van der Waals surface area contributed by atoms with Crippen molar-refractivity contribution in [2.45, 2.75) is 58.5 Å². The summed E-state index contributed by atoms with van der Waals surface area (Å²) in [4.78, 5) is 14.0. The van der Waals surface area contributed by atoms with Crippen LogP contribution in [0, 0.1) is 12.3 Å². The van der Waals surface area contributed by atoms with E-state index in [0.717, 1.165) is 72.5 Å². The summed E-state index contributed by atoms with van der Waals surface area (Å²) in [5.74, 6) is 1.69. The Morgan fingerprint density at radius 1 is 1.09 bits per heavy atom. The average molecular weight is 432 g/mol. The molecule has 0 atom stereocenters. The molecule has 0 aromatic carbocycles. The van der Waals surface area contributed by atoms with Crippen molar-refractivity contribution < 1.29 is 4.74 Å². The molecule has 1 saturated carbocycles.